The number of hydrogen-bond donors (Lipinski definition) is 2. The van der Waals surface area contributed by atoms with Crippen LogP contribution in [-0.2, 0) is 9.53 Å². The number of aliphatic carboxylic acids is 1. The van der Waals surface area contributed by atoms with Crippen LogP contribution in [0.1, 0.15) is 6.42 Å². The van der Waals surface area contributed by atoms with E-state index >= 15 is 0 Å². The summed E-state index contributed by atoms with van der Waals surface area (Å²) in [6, 6.07) is 0. The first-order valence-electron chi connectivity index (χ1n) is 2.80. The molecule has 5 nitrogen and oxygen atoms in total. The van der Waals surface area contributed by atoms with Gasteiger partial charge in [0.15, 0.2) is 0 Å². The summed E-state index contributed by atoms with van der Waals surface area (Å²) in [5.74, 6) is -3.98. The maximum absolute atomic E-state index is 10.1. The van der Waals surface area contributed by atoms with Gasteiger partial charge in [-0.3, -0.25) is 0 Å². The number of rotatable bonds is 1. The molecule has 0 saturated carbocycles. The number of ether oxygens (including phenoxy) is 1. The molecule has 6 heteroatoms. The minimum Gasteiger partial charge on any atom is -0.544 e. The molecule has 0 radical (unpaired) electrons. The van der Waals surface area contributed by atoms with Crippen molar-refractivity contribution in [2.75, 3.05) is 6.61 Å². The van der Waals surface area contributed by atoms with E-state index in [0.29, 0.717) is 0 Å². The molecule has 0 aromatic heterocycles. The van der Waals surface area contributed by atoms with Crippen molar-refractivity contribution in [1.82, 2.24) is 0 Å². The standard InChI is InChI=1S/C5H8O5.Na/c6-3-1-5(9,4(7)8)10-2-3;/h3,6,9H,1-2H2,(H,7,8);/q;+1/p-1. The smallest absolute Gasteiger partial charge is 0.544 e. The molecular formula is C5H7NaO5. The van der Waals surface area contributed by atoms with Gasteiger partial charge >= 0.3 is 29.6 Å². The molecule has 2 unspecified atom stereocenters. The molecule has 11 heavy (non-hydrogen) atoms. The van der Waals surface area contributed by atoms with E-state index in [2.05, 4.69) is 4.74 Å². The minimum atomic E-state index is -2.28. The summed E-state index contributed by atoms with van der Waals surface area (Å²) in [5, 5.41) is 27.7. The zero-order chi connectivity index (χ0) is 7.78. The number of carboxylic acids is 1. The molecule has 1 saturated heterocycles. The molecule has 0 aromatic rings. The van der Waals surface area contributed by atoms with Crippen molar-refractivity contribution in [2.24, 2.45) is 0 Å². The summed E-state index contributed by atoms with van der Waals surface area (Å²) in [5.41, 5.74) is 0. The van der Waals surface area contributed by atoms with Crippen molar-refractivity contribution in [3.8, 4) is 0 Å². The Morgan fingerprint density at radius 2 is 2.27 bits per heavy atom. The van der Waals surface area contributed by atoms with Crippen LogP contribution in [-0.4, -0.2) is 34.7 Å². The van der Waals surface area contributed by atoms with Gasteiger partial charge in [0.2, 0.25) is 5.79 Å². The quantitative estimate of drug-likeness (QED) is 0.382. The number of hydrogen-bond acceptors (Lipinski definition) is 5. The normalized spacial score (nSPS) is 36.4. The summed E-state index contributed by atoms with van der Waals surface area (Å²) >= 11 is 0. The predicted octanol–water partition coefficient (Wildman–Crippen LogP) is -5.79. The van der Waals surface area contributed by atoms with Crippen molar-refractivity contribution in [3.63, 3.8) is 0 Å². The van der Waals surface area contributed by atoms with Crippen LogP contribution in [0.5, 0.6) is 0 Å². The summed E-state index contributed by atoms with van der Waals surface area (Å²) in [4.78, 5) is 10.1. The molecule has 0 spiro atoms. The third-order valence-electron chi connectivity index (χ3n) is 1.35. The van der Waals surface area contributed by atoms with Crippen molar-refractivity contribution in [1.29, 1.82) is 0 Å². The average Bonchev–Trinajstić information content (AvgIpc) is 2.13. The number of aliphatic hydroxyl groups excluding tert-OH is 1. The molecule has 1 fully saturated rings. The first-order chi connectivity index (χ1) is 4.54. The Kier molecular flexibility index (Phi) is 3.96. The van der Waals surface area contributed by atoms with Gasteiger partial charge in [0, 0.05) is 6.42 Å². The Bertz CT molecular complexity index is 161. The number of carboxylic acid groups (broad SMARTS) is 1. The first-order valence-corrected chi connectivity index (χ1v) is 2.80. The second kappa shape index (κ2) is 3.84. The topological polar surface area (TPSA) is 89.8 Å². The van der Waals surface area contributed by atoms with E-state index in [9.17, 15) is 9.90 Å². The molecule has 0 amide bonds. The summed E-state index contributed by atoms with van der Waals surface area (Å²) in [6.07, 6.45) is -1.24. The fourth-order valence-corrected chi connectivity index (χ4v) is 0.814. The minimum absolute atomic E-state index is 0. The second-order valence-electron chi connectivity index (χ2n) is 2.24. The van der Waals surface area contributed by atoms with Crippen molar-refractivity contribution in [2.45, 2.75) is 18.3 Å². The molecule has 1 aliphatic heterocycles. The third-order valence-corrected chi connectivity index (χ3v) is 1.35. The molecule has 1 aliphatic rings. The molecule has 1 rings (SSSR count). The Morgan fingerprint density at radius 3 is 2.45 bits per heavy atom. The van der Waals surface area contributed by atoms with E-state index in [0.717, 1.165) is 0 Å². The second-order valence-corrected chi connectivity index (χ2v) is 2.24. The molecule has 58 valence electrons. The van der Waals surface area contributed by atoms with Crippen LogP contribution < -0.4 is 34.7 Å². The Labute approximate surface area is 85.3 Å². The van der Waals surface area contributed by atoms with Crippen LogP contribution >= 0.6 is 0 Å². The molecule has 0 aliphatic carbocycles. The van der Waals surface area contributed by atoms with Crippen molar-refractivity contribution < 1.29 is 54.4 Å². The van der Waals surface area contributed by atoms with E-state index in [-0.39, 0.29) is 42.6 Å². The van der Waals surface area contributed by atoms with Crippen LogP contribution in [0, 0.1) is 0 Å². The van der Waals surface area contributed by atoms with E-state index in [1.165, 1.54) is 0 Å². The average molecular weight is 170 g/mol. The van der Waals surface area contributed by atoms with Crippen LogP contribution in [0.25, 0.3) is 0 Å². The Hall–Kier alpha value is 0.350. The zero-order valence-electron chi connectivity index (χ0n) is 6.11. The van der Waals surface area contributed by atoms with Gasteiger partial charge in [0.05, 0.1) is 12.7 Å². The fraction of sp³-hybridized carbons (Fsp3) is 0.800. The van der Waals surface area contributed by atoms with Gasteiger partial charge in [-0.1, -0.05) is 0 Å². The maximum Gasteiger partial charge on any atom is 1.00 e. The third kappa shape index (κ3) is 2.40. The van der Waals surface area contributed by atoms with Crippen LogP contribution in [0.2, 0.25) is 0 Å². The van der Waals surface area contributed by atoms with E-state index < -0.39 is 17.9 Å². The van der Waals surface area contributed by atoms with Gasteiger partial charge in [-0.05, 0) is 0 Å². The number of carbonyl (C=O) groups is 1. The number of carbonyl (C=O) groups excluding carboxylic acids is 1. The van der Waals surface area contributed by atoms with E-state index in [1.54, 1.807) is 0 Å². The molecular weight excluding hydrogens is 163 g/mol. The SMILES string of the molecule is O=C([O-])C1(O)CC(O)CO1.[Na+]. The zero-order valence-corrected chi connectivity index (χ0v) is 8.11. The summed E-state index contributed by atoms with van der Waals surface area (Å²) < 4.78 is 4.36. The van der Waals surface area contributed by atoms with Crippen molar-refractivity contribution >= 4 is 5.97 Å². The summed E-state index contributed by atoms with van der Waals surface area (Å²) in [6.45, 7) is -0.162. The maximum atomic E-state index is 10.1. The van der Waals surface area contributed by atoms with Crippen molar-refractivity contribution in [3.05, 3.63) is 0 Å². The van der Waals surface area contributed by atoms with Gasteiger partial charge in [-0.2, -0.15) is 0 Å². The van der Waals surface area contributed by atoms with E-state index in [4.69, 9.17) is 10.2 Å². The van der Waals surface area contributed by atoms with Gasteiger partial charge in [0.25, 0.3) is 0 Å². The van der Waals surface area contributed by atoms with Crippen LogP contribution in [0.15, 0.2) is 0 Å². The molecule has 2 atom stereocenters. The largest absolute Gasteiger partial charge is 1.00 e. The summed E-state index contributed by atoms with van der Waals surface area (Å²) in [7, 11) is 0. The van der Waals surface area contributed by atoms with Gasteiger partial charge in [-0.25, -0.2) is 0 Å². The van der Waals surface area contributed by atoms with Gasteiger partial charge in [0.1, 0.15) is 5.97 Å². The first kappa shape index (κ1) is 11.4. The molecule has 0 bridgehead atoms. The van der Waals surface area contributed by atoms with Gasteiger partial charge < -0.3 is 24.9 Å². The monoisotopic (exact) mass is 170 g/mol. The number of aliphatic hydroxyl groups is 2. The predicted molar refractivity (Wildman–Crippen MR) is 26.5 cm³/mol. The fourth-order valence-electron chi connectivity index (χ4n) is 0.814. The van der Waals surface area contributed by atoms with Crippen LogP contribution in [0.3, 0.4) is 0 Å². The molecule has 0 aromatic carbocycles. The van der Waals surface area contributed by atoms with E-state index in [1.807, 2.05) is 0 Å². The molecule has 2 N–H and O–H groups in total. The Morgan fingerprint density at radius 1 is 1.73 bits per heavy atom. The Balaban J connectivity index is 0.000001000. The molecule has 1 heterocycles. The van der Waals surface area contributed by atoms with Crippen LogP contribution in [0.4, 0.5) is 0 Å². The van der Waals surface area contributed by atoms with Gasteiger partial charge in [-0.15, -0.1) is 0 Å².